The van der Waals surface area contributed by atoms with E-state index in [2.05, 4.69) is 25.2 Å². The zero-order chi connectivity index (χ0) is 19.4. The highest BCUT2D eigenvalue weighted by atomic mass is 16.2. The van der Waals surface area contributed by atoms with E-state index < -0.39 is 5.92 Å². The number of aryl methyl sites for hydroxylation is 2. The fourth-order valence-electron chi connectivity index (χ4n) is 3.59. The van der Waals surface area contributed by atoms with E-state index in [1.165, 1.54) is 0 Å². The average molecular weight is 361 g/mol. The minimum atomic E-state index is -0.432. The maximum atomic E-state index is 12.7. The Bertz CT molecular complexity index is 892. The van der Waals surface area contributed by atoms with Crippen LogP contribution in [0.15, 0.2) is 42.5 Å². The van der Waals surface area contributed by atoms with Crippen molar-refractivity contribution in [1.29, 1.82) is 5.26 Å². The number of hydrogen-bond donors (Lipinski definition) is 1. The van der Waals surface area contributed by atoms with Gasteiger partial charge in [-0.1, -0.05) is 44.2 Å². The molecule has 5 nitrogen and oxygen atoms in total. The van der Waals surface area contributed by atoms with E-state index in [1.54, 1.807) is 29.2 Å². The van der Waals surface area contributed by atoms with Crippen molar-refractivity contribution in [2.45, 2.75) is 33.1 Å². The van der Waals surface area contributed by atoms with Crippen LogP contribution in [-0.4, -0.2) is 18.4 Å². The van der Waals surface area contributed by atoms with Gasteiger partial charge in [-0.25, -0.2) is 0 Å². The van der Waals surface area contributed by atoms with Gasteiger partial charge in [0, 0.05) is 18.7 Å². The molecule has 2 aromatic carbocycles. The molecule has 2 aromatic rings. The SMILES string of the molecule is CCc1cccc(CC)c1N1CC(C(=O)Nc2ccccc2C#N)CC1=O. The molecule has 3 rings (SSSR count). The van der Waals surface area contributed by atoms with E-state index >= 15 is 0 Å². The molecule has 0 radical (unpaired) electrons. The molecule has 1 N–H and O–H groups in total. The fourth-order valence-corrected chi connectivity index (χ4v) is 3.59. The summed E-state index contributed by atoms with van der Waals surface area (Å²) in [6, 6.07) is 15.1. The Morgan fingerprint density at radius 3 is 2.44 bits per heavy atom. The van der Waals surface area contributed by atoms with E-state index in [9.17, 15) is 14.9 Å². The van der Waals surface area contributed by atoms with Gasteiger partial charge in [0.2, 0.25) is 11.8 Å². The lowest BCUT2D eigenvalue weighted by molar-refractivity contribution is -0.122. The number of nitriles is 1. The third kappa shape index (κ3) is 3.70. The first-order valence-electron chi connectivity index (χ1n) is 9.30. The number of nitrogens with one attached hydrogen (secondary N) is 1. The van der Waals surface area contributed by atoms with Crippen molar-refractivity contribution >= 4 is 23.2 Å². The number of carbonyl (C=O) groups excluding carboxylic acids is 2. The topological polar surface area (TPSA) is 73.2 Å². The lowest BCUT2D eigenvalue weighted by Gasteiger charge is -2.23. The Labute approximate surface area is 159 Å². The Hall–Kier alpha value is -3.13. The molecule has 0 aliphatic carbocycles. The highest BCUT2D eigenvalue weighted by molar-refractivity contribution is 6.04. The minimum Gasteiger partial charge on any atom is -0.325 e. The van der Waals surface area contributed by atoms with Crippen LogP contribution in [0, 0.1) is 17.2 Å². The van der Waals surface area contributed by atoms with Crippen molar-refractivity contribution in [3.63, 3.8) is 0 Å². The Morgan fingerprint density at radius 1 is 1.15 bits per heavy atom. The molecule has 1 atom stereocenters. The summed E-state index contributed by atoms with van der Waals surface area (Å²) >= 11 is 0. The van der Waals surface area contributed by atoms with E-state index in [4.69, 9.17) is 0 Å². The molecule has 5 heteroatoms. The minimum absolute atomic E-state index is 0.0284. The van der Waals surface area contributed by atoms with Crippen LogP contribution in [0.1, 0.15) is 37.0 Å². The summed E-state index contributed by atoms with van der Waals surface area (Å²) in [6.45, 7) is 4.51. The van der Waals surface area contributed by atoms with Crippen molar-refractivity contribution in [2.75, 3.05) is 16.8 Å². The molecule has 1 aliphatic rings. The Balaban J connectivity index is 1.82. The molecule has 1 heterocycles. The first-order chi connectivity index (χ1) is 13.1. The van der Waals surface area contributed by atoms with Gasteiger partial charge in [-0.15, -0.1) is 0 Å². The van der Waals surface area contributed by atoms with Crippen molar-refractivity contribution in [1.82, 2.24) is 0 Å². The number of para-hydroxylation sites is 2. The molecule has 138 valence electrons. The molecule has 1 unspecified atom stereocenters. The maximum Gasteiger partial charge on any atom is 0.229 e. The first-order valence-corrected chi connectivity index (χ1v) is 9.30. The number of benzene rings is 2. The highest BCUT2D eigenvalue weighted by Crippen LogP contribution is 2.33. The van der Waals surface area contributed by atoms with Crippen LogP contribution < -0.4 is 10.2 Å². The Morgan fingerprint density at radius 2 is 1.81 bits per heavy atom. The van der Waals surface area contributed by atoms with Crippen LogP contribution in [0.5, 0.6) is 0 Å². The second kappa shape index (κ2) is 8.05. The zero-order valence-corrected chi connectivity index (χ0v) is 15.7. The average Bonchev–Trinajstić information content (AvgIpc) is 3.09. The number of amides is 2. The van der Waals surface area contributed by atoms with Gasteiger partial charge in [0.15, 0.2) is 0 Å². The van der Waals surface area contributed by atoms with Crippen LogP contribution in [0.3, 0.4) is 0 Å². The largest absolute Gasteiger partial charge is 0.325 e. The lowest BCUT2D eigenvalue weighted by Crippen LogP contribution is -2.29. The number of nitrogens with zero attached hydrogens (tertiary/aromatic N) is 2. The first kappa shape index (κ1) is 18.7. The van der Waals surface area contributed by atoms with E-state index in [0.717, 1.165) is 29.7 Å². The van der Waals surface area contributed by atoms with Crippen molar-refractivity contribution in [3.05, 3.63) is 59.2 Å². The molecular formula is C22H23N3O2. The number of anilines is 2. The summed E-state index contributed by atoms with van der Waals surface area (Å²) in [5, 5.41) is 12.0. The van der Waals surface area contributed by atoms with Crippen molar-refractivity contribution in [2.24, 2.45) is 5.92 Å². The van der Waals surface area contributed by atoms with Crippen LogP contribution in [0.4, 0.5) is 11.4 Å². The summed E-state index contributed by atoms with van der Waals surface area (Å²) in [6.07, 6.45) is 1.85. The van der Waals surface area contributed by atoms with Gasteiger partial charge < -0.3 is 10.2 Å². The van der Waals surface area contributed by atoms with Crippen LogP contribution in [0.2, 0.25) is 0 Å². The van der Waals surface area contributed by atoms with Gasteiger partial charge in [-0.05, 0) is 36.1 Å². The summed E-state index contributed by atoms with van der Waals surface area (Å²) in [5.74, 6) is -0.682. The van der Waals surface area contributed by atoms with E-state index in [0.29, 0.717) is 17.8 Å². The molecule has 0 saturated carbocycles. The van der Waals surface area contributed by atoms with Gasteiger partial charge in [0.25, 0.3) is 0 Å². The van der Waals surface area contributed by atoms with Crippen LogP contribution >= 0.6 is 0 Å². The summed E-state index contributed by atoms with van der Waals surface area (Å²) in [5.41, 5.74) is 4.10. The molecule has 2 amide bonds. The van der Waals surface area contributed by atoms with Gasteiger partial charge in [-0.2, -0.15) is 5.26 Å². The molecule has 27 heavy (non-hydrogen) atoms. The Kier molecular flexibility index (Phi) is 5.56. The third-order valence-electron chi connectivity index (χ3n) is 5.04. The van der Waals surface area contributed by atoms with Gasteiger partial charge >= 0.3 is 0 Å². The van der Waals surface area contributed by atoms with Crippen molar-refractivity contribution in [3.8, 4) is 6.07 Å². The lowest BCUT2D eigenvalue weighted by atomic mass is 10.0. The zero-order valence-electron chi connectivity index (χ0n) is 15.7. The maximum absolute atomic E-state index is 12.7. The molecule has 1 aliphatic heterocycles. The molecule has 0 spiro atoms. The molecule has 1 saturated heterocycles. The summed E-state index contributed by atoms with van der Waals surface area (Å²) < 4.78 is 0. The predicted molar refractivity (Wildman–Crippen MR) is 105 cm³/mol. The van der Waals surface area contributed by atoms with Crippen LogP contribution in [-0.2, 0) is 22.4 Å². The fraction of sp³-hybridized carbons (Fsp3) is 0.318. The summed E-state index contributed by atoms with van der Waals surface area (Å²) in [4.78, 5) is 27.2. The van der Waals surface area contributed by atoms with Gasteiger partial charge in [0.05, 0.1) is 17.2 Å². The molecule has 0 aromatic heterocycles. The highest BCUT2D eigenvalue weighted by Gasteiger charge is 2.36. The quantitative estimate of drug-likeness (QED) is 0.883. The number of carbonyl (C=O) groups is 2. The number of rotatable bonds is 5. The molecule has 1 fully saturated rings. The predicted octanol–water partition coefficient (Wildman–Crippen LogP) is 3.67. The second-order valence-corrected chi connectivity index (χ2v) is 6.68. The van der Waals surface area contributed by atoms with E-state index in [1.807, 2.05) is 18.2 Å². The molecule has 0 bridgehead atoms. The standard InChI is InChI=1S/C22H23N3O2/c1-3-15-9-7-10-16(4-2)21(15)25-14-18(12-20(25)26)22(27)24-19-11-6-5-8-17(19)13-23/h5-11,18H,3-4,12,14H2,1-2H3,(H,24,27). The van der Waals surface area contributed by atoms with Crippen LogP contribution in [0.25, 0.3) is 0 Å². The number of hydrogen-bond acceptors (Lipinski definition) is 3. The summed E-state index contributed by atoms with van der Waals surface area (Å²) in [7, 11) is 0. The smallest absolute Gasteiger partial charge is 0.229 e. The van der Waals surface area contributed by atoms with Crippen molar-refractivity contribution < 1.29 is 9.59 Å². The van der Waals surface area contributed by atoms with E-state index in [-0.39, 0.29) is 18.2 Å². The normalized spacial score (nSPS) is 16.3. The second-order valence-electron chi connectivity index (χ2n) is 6.68. The third-order valence-corrected chi connectivity index (χ3v) is 5.04. The van der Waals surface area contributed by atoms with Gasteiger partial charge in [0.1, 0.15) is 6.07 Å². The monoisotopic (exact) mass is 361 g/mol. The molecular weight excluding hydrogens is 338 g/mol. The van der Waals surface area contributed by atoms with Gasteiger partial charge in [-0.3, -0.25) is 9.59 Å².